The van der Waals surface area contributed by atoms with Crippen LogP contribution in [0.5, 0.6) is 0 Å². The number of nitrogens with two attached hydrogens (primary N) is 1. The van der Waals surface area contributed by atoms with Crippen LogP contribution in [0.3, 0.4) is 0 Å². The van der Waals surface area contributed by atoms with Gasteiger partial charge in [0.1, 0.15) is 0 Å². The number of likely N-dealkylation sites (tertiary alicyclic amines) is 1. The Hall–Kier alpha value is -0.610. The molecule has 0 saturated carbocycles. The molecule has 0 aromatic carbocycles. The van der Waals surface area contributed by atoms with Crippen molar-refractivity contribution in [3.8, 4) is 0 Å². The van der Waals surface area contributed by atoms with Crippen LogP contribution in [0.1, 0.15) is 46.5 Å². The molecule has 1 heterocycles. The van der Waals surface area contributed by atoms with Crippen LogP contribution >= 0.6 is 0 Å². The fraction of sp³-hybridized carbons (Fsp3) is 0.933. The summed E-state index contributed by atoms with van der Waals surface area (Å²) in [6.07, 6.45) is 4.90. The summed E-state index contributed by atoms with van der Waals surface area (Å²) in [7, 11) is 0. The van der Waals surface area contributed by atoms with E-state index in [1.165, 1.54) is 38.9 Å². The highest BCUT2D eigenvalue weighted by Crippen LogP contribution is 2.16. The van der Waals surface area contributed by atoms with E-state index < -0.39 is 0 Å². The third-order valence-electron chi connectivity index (χ3n) is 4.28. The Balaban J connectivity index is 2.01. The van der Waals surface area contributed by atoms with Crippen molar-refractivity contribution in [3.05, 3.63) is 0 Å². The first-order valence-electron chi connectivity index (χ1n) is 7.76. The van der Waals surface area contributed by atoms with Crippen molar-refractivity contribution in [1.29, 1.82) is 0 Å². The average Bonchev–Trinajstić information content (AvgIpc) is 2.39. The molecule has 1 fully saturated rings. The first-order chi connectivity index (χ1) is 9.00. The number of piperidine rings is 1. The molecule has 1 saturated heterocycles. The summed E-state index contributed by atoms with van der Waals surface area (Å²) in [5, 5.41) is 2.97. The molecule has 0 aromatic heterocycles. The van der Waals surface area contributed by atoms with E-state index in [9.17, 15) is 4.79 Å². The highest BCUT2D eigenvalue weighted by atomic mass is 16.1. The Bertz CT molecular complexity index is 260. The standard InChI is InChI=1S/C15H31N3O/c1-12-6-10-18(11-7-12)9-5-4-8-17-15(19)13(2)14(3)16/h12-14H,4-11,16H2,1-3H3,(H,17,19). The molecule has 112 valence electrons. The topological polar surface area (TPSA) is 58.4 Å². The smallest absolute Gasteiger partial charge is 0.224 e. The van der Waals surface area contributed by atoms with Crippen LogP contribution in [0.25, 0.3) is 0 Å². The molecule has 2 unspecified atom stereocenters. The first-order valence-corrected chi connectivity index (χ1v) is 7.76. The van der Waals surface area contributed by atoms with Gasteiger partial charge in [0.05, 0.1) is 0 Å². The summed E-state index contributed by atoms with van der Waals surface area (Å²) in [6.45, 7) is 10.5. The number of hydrogen-bond acceptors (Lipinski definition) is 3. The monoisotopic (exact) mass is 269 g/mol. The van der Waals surface area contributed by atoms with Crippen molar-refractivity contribution in [1.82, 2.24) is 10.2 Å². The van der Waals surface area contributed by atoms with Crippen LogP contribution in [-0.2, 0) is 4.79 Å². The second-order valence-electron chi connectivity index (χ2n) is 6.17. The molecule has 0 aliphatic carbocycles. The van der Waals surface area contributed by atoms with Crippen molar-refractivity contribution in [2.24, 2.45) is 17.6 Å². The van der Waals surface area contributed by atoms with E-state index >= 15 is 0 Å². The molecule has 4 heteroatoms. The lowest BCUT2D eigenvalue weighted by Crippen LogP contribution is -2.39. The van der Waals surface area contributed by atoms with Gasteiger partial charge in [-0.1, -0.05) is 13.8 Å². The average molecular weight is 269 g/mol. The maximum Gasteiger partial charge on any atom is 0.224 e. The summed E-state index contributed by atoms with van der Waals surface area (Å²) < 4.78 is 0. The summed E-state index contributed by atoms with van der Waals surface area (Å²) >= 11 is 0. The SMILES string of the molecule is CC1CCN(CCCCNC(=O)C(C)C(C)N)CC1. The predicted octanol–water partition coefficient (Wildman–Crippen LogP) is 1.60. The molecular formula is C15H31N3O. The number of hydrogen-bond donors (Lipinski definition) is 2. The van der Waals surface area contributed by atoms with E-state index in [2.05, 4.69) is 17.1 Å². The highest BCUT2D eigenvalue weighted by Gasteiger charge is 2.16. The second-order valence-corrected chi connectivity index (χ2v) is 6.17. The van der Waals surface area contributed by atoms with Crippen LogP contribution in [0.4, 0.5) is 0 Å². The van der Waals surface area contributed by atoms with E-state index in [1.807, 2.05) is 13.8 Å². The second kappa shape index (κ2) is 8.54. The van der Waals surface area contributed by atoms with E-state index in [1.54, 1.807) is 0 Å². The lowest BCUT2D eigenvalue weighted by molar-refractivity contribution is -0.124. The zero-order valence-electron chi connectivity index (χ0n) is 12.8. The van der Waals surface area contributed by atoms with Crippen molar-refractivity contribution < 1.29 is 4.79 Å². The molecular weight excluding hydrogens is 238 g/mol. The highest BCUT2D eigenvalue weighted by molar-refractivity contribution is 5.78. The zero-order chi connectivity index (χ0) is 14.3. The normalized spacial score (nSPS) is 21.1. The van der Waals surface area contributed by atoms with Gasteiger partial charge in [-0.15, -0.1) is 0 Å². The zero-order valence-corrected chi connectivity index (χ0v) is 12.8. The van der Waals surface area contributed by atoms with Gasteiger partial charge in [-0.3, -0.25) is 4.79 Å². The van der Waals surface area contributed by atoms with Crippen molar-refractivity contribution in [3.63, 3.8) is 0 Å². The van der Waals surface area contributed by atoms with Crippen molar-refractivity contribution >= 4 is 5.91 Å². The Kier molecular flexibility index (Phi) is 7.39. The van der Waals surface area contributed by atoms with E-state index in [0.29, 0.717) is 0 Å². The lowest BCUT2D eigenvalue weighted by Gasteiger charge is -2.30. The minimum Gasteiger partial charge on any atom is -0.356 e. The molecule has 2 atom stereocenters. The molecule has 19 heavy (non-hydrogen) atoms. The molecule has 0 radical (unpaired) electrons. The maximum absolute atomic E-state index is 11.7. The summed E-state index contributed by atoms with van der Waals surface area (Å²) in [5.41, 5.74) is 5.71. The minimum absolute atomic E-state index is 0.0738. The number of amides is 1. The van der Waals surface area contributed by atoms with Gasteiger partial charge in [-0.05, 0) is 58.2 Å². The van der Waals surface area contributed by atoms with E-state index in [4.69, 9.17) is 5.73 Å². The van der Waals surface area contributed by atoms with Crippen LogP contribution in [0.15, 0.2) is 0 Å². The van der Waals surface area contributed by atoms with Gasteiger partial charge in [-0.2, -0.15) is 0 Å². The molecule has 0 spiro atoms. The fourth-order valence-corrected chi connectivity index (χ4v) is 2.36. The predicted molar refractivity (Wildman–Crippen MR) is 79.9 cm³/mol. The van der Waals surface area contributed by atoms with Crippen LogP contribution in [-0.4, -0.2) is 43.0 Å². The summed E-state index contributed by atoms with van der Waals surface area (Å²) in [6, 6.07) is -0.0738. The molecule has 3 N–H and O–H groups in total. The Morgan fingerprint density at radius 1 is 1.32 bits per heavy atom. The number of carbonyl (C=O) groups excluding carboxylic acids is 1. The van der Waals surface area contributed by atoms with Crippen LogP contribution in [0, 0.1) is 11.8 Å². The quantitative estimate of drug-likeness (QED) is 0.690. The van der Waals surface area contributed by atoms with Crippen molar-refractivity contribution in [2.75, 3.05) is 26.2 Å². The van der Waals surface area contributed by atoms with Gasteiger partial charge >= 0.3 is 0 Å². The molecule has 0 bridgehead atoms. The molecule has 4 nitrogen and oxygen atoms in total. The maximum atomic E-state index is 11.7. The first kappa shape index (κ1) is 16.4. The number of unbranched alkanes of at least 4 members (excludes halogenated alkanes) is 1. The van der Waals surface area contributed by atoms with Crippen molar-refractivity contribution in [2.45, 2.75) is 52.5 Å². The van der Waals surface area contributed by atoms with Gasteiger partial charge < -0.3 is 16.0 Å². The largest absolute Gasteiger partial charge is 0.356 e. The van der Waals surface area contributed by atoms with Gasteiger partial charge in [-0.25, -0.2) is 0 Å². The number of carbonyl (C=O) groups is 1. The third-order valence-corrected chi connectivity index (χ3v) is 4.28. The fourth-order valence-electron chi connectivity index (χ4n) is 2.36. The minimum atomic E-state index is -0.0939. The Morgan fingerprint density at radius 2 is 1.95 bits per heavy atom. The molecule has 1 aliphatic rings. The molecule has 0 aromatic rings. The van der Waals surface area contributed by atoms with Gasteiger partial charge in [0.2, 0.25) is 5.91 Å². The number of nitrogens with one attached hydrogen (secondary N) is 1. The van der Waals surface area contributed by atoms with E-state index in [0.717, 1.165) is 18.9 Å². The van der Waals surface area contributed by atoms with Gasteiger partial charge in [0, 0.05) is 18.5 Å². The van der Waals surface area contributed by atoms with Gasteiger partial charge in [0.15, 0.2) is 0 Å². The number of rotatable bonds is 7. The molecule has 1 amide bonds. The van der Waals surface area contributed by atoms with E-state index in [-0.39, 0.29) is 17.9 Å². The Morgan fingerprint density at radius 3 is 2.53 bits per heavy atom. The summed E-state index contributed by atoms with van der Waals surface area (Å²) in [4.78, 5) is 14.2. The third kappa shape index (κ3) is 6.39. The Labute approximate surface area is 118 Å². The molecule has 1 rings (SSSR count). The number of nitrogens with zero attached hydrogens (tertiary/aromatic N) is 1. The summed E-state index contributed by atoms with van der Waals surface area (Å²) in [5.74, 6) is 0.889. The lowest BCUT2D eigenvalue weighted by atomic mass is 9.99. The van der Waals surface area contributed by atoms with Gasteiger partial charge in [0.25, 0.3) is 0 Å². The van der Waals surface area contributed by atoms with Crippen LogP contribution < -0.4 is 11.1 Å². The molecule has 1 aliphatic heterocycles. The van der Waals surface area contributed by atoms with Crippen LogP contribution in [0.2, 0.25) is 0 Å².